The van der Waals surface area contributed by atoms with Crippen molar-refractivity contribution < 1.29 is 14.7 Å². The van der Waals surface area contributed by atoms with E-state index in [1.54, 1.807) is 24.3 Å². The fourth-order valence-corrected chi connectivity index (χ4v) is 2.25. The molecule has 1 amide bonds. The molecule has 1 aromatic heterocycles. The largest absolute Gasteiger partial charge is 0.477 e. The Morgan fingerprint density at radius 1 is 1.20 bits per heavy atom. The van der Waals surface area contributed by atoms with Gasteiger partial charge in [0.05, 0.1) is 0 Å². The first-order valence-corrected chi connectivity index (χ1v) is 6.35. The van der Waals surface area contributed by atoms with Crippen molar-refractivity contribution in [3.8, 4) is 0 Å². The Kier molecular flexibility index (Phi) is 4.32. The number of carbonyl (C=O) groups excluding carboxylic acids is 1. The van der Waals surface area contributed by atoms with Crippen molar-refractivity contribution in [2.24, 2.45) is 0 Å². The molecule has 2 aromatic rings. The van der Waals surface area contributed by atoms with Crippen molar-refractivity contribution in [1.82, 2.24) is 4.57 Å². The number of anilines is 1. The number of nitrogens with one attached hydrogen (secondary N) is 1. The van der Waals surface area contributed by atoms with Crippen LogP contribution in [0.1, 0.15) is 10.5 Å². The number of halogens is 2. The lowest BCUT2D eigenvalue weighted by Crippen LogP contribution is -2.20. The number of aromatic carboxylic acids is 1. The van der Waals surface area contributed by atoms with Crippen LogP contribution in [0.15, 0.2) is 36.5 Å². The van der Waals surface area contributed by atoms with Crippen LogP contribution in [0.5, 0.6) is 0 Å². The molecule has 0 atom stereocenters. The summed E-state index contributed by atoms with van der Waals surface area (Å²) in [5, 5.41) is 12.4. The SMILES string of the molecule is O=C(Cn1cccc1C(=O)O)Nc1cc(Cl)cc(Cl)c1. The van der Waals surface area contributed by atoms with Crippen LogP contribution in [0.2, 0.25) is 10.0 Å². The summed E-state index contributed by atoms with van der Waals surface area (Å²) in [4.78, 5) is 22.8. The van der Waals surface area contributed by atoms with E-state index in [0.717, 1.165) is 0 Å². The highest BCUT2D eigenvalue weighted by atomic mass is 35.5. The molecule has 2 rings (SSSR count). The number of aromatic nitrogens is 1. The minimum atomic E-state index is -1.09. The molecular weight excluding hydrogens is 303 g/mol. The summed E-state index contributed by atoms with van der Waals surface area (Å²) >= 11 is 11.6. The fraction of sp³-hybridized carbons (Fsp3) is 0.0769. The van der Waals surface area contributed by atoms with Gasteiger partial charge in [0, 0.05) is 21.9 Å². The first kappa shape index (κ1) is 14.4. The van der Waals surface area contributed by atoms with Gasteiger partial charge in [-0.05, 0) is 30.3 Å². The molecule has 0 spiro atoms. The monoisotopic (exact) mass is 312 g/mol. The number of benzene rings is 1. The number of carboxylic acid groups (broad SMARTS) is 1. The zero-order valence-electron chi connectivity index (χ0n) is 10.1. The van der Waals surface area contributed by atoms with Crippen molar-refractivity contribution in [3.05, 3.63) is 52.3 Å². The highest BCUT2D eigenvalue weighted by Crippen LogP contribution is 2.22. The number of nitrogens with zero attached hydrogens (tertiary/aromatic N) is 1. The molecule has 0 aliphatic carbocycles. The molecular formula is C13H10Cl2N2O3. The van der Waals surface area contributed by atoms with E-state index in [1.165, 1.54) is 16.8 Å². The molecule has 0 unspecified atom stereocenters. The topological polar surface area (TPSA) is 71.3 Å². The Labute approximate surface area is 124 Å². The van der Waals surface area contributed by atoms with Gasteiger partial charge in [-0.1, -0.05) is 23.2 Å². The van der Waals surface area contributed by atoms with E-state index < -0.39 is 5.97 Å². The summed E-state index contributed by atoms with van der Waals surface area (Å²) in [6.07, 6.45) is 1.52. The quantitative estimate of drug-likeness (QED) is 0.911. The summed E-state index contributed by atoms with van der Waals surface area (Å²) in [5.41, 5.74) is 0.501. The van der Waals surface area contributed by atoms with Crippen molar-refractivity contribution in [2.45, 2.75) is 6.54 Å². The zero-order valence-corrected chi connectivity index (χ0v) is 11.6. The molecule has 1 aromatic carbocycles. The van der Waals surface area contributed by atoms with E-state index in [4.69, 9.17) is 28.3 Å². The minimum absolute atomic E-state index is 0.0456. The van der Waals surface area contributed by atoms with E-state index in [-0.39, 0.29) is 18.1 Å². The number of carboxylic acids is 1. The van der Waals surface area contributed by atoms with Crippen LogP contribution >= 0.6 is 23.2 Å². The molecule has 0 bridgehead atoms. The van der Waals surface area contributed by atoms with Crippen molar-refractivity contribution in [3.63, 3.8) is 0 Å². The summed E-state index contributed by atoms with van der Waals surface area (Å²) in [7, 11) is 0. The molecule has 2 N–H and O–H groups in total. The minimum Gasteiger partial charge on any atom is -0.477 e. The van der Waals surface area contributed by atoms with Gasteiger partial charge >= 0.3 is 5.97 Å². The maximum absolute atomic E-state index is 11.9. The average molecular weight is 313 g/mol. The summed E-state index contributed by atoms with van der Waals surface area (Å²) < 4.78 is 1.34. The van der Waals surface area contributed by atoms with Crippen LogP contribution in [-0.4, -0.2) is 21.6 Å². The van der Waals surface area contributed by atoms with Gasteiger partial charge in [0.1, 0.15) is 12.2 Å². The molecule has 0 fully saturated rings. The normalized spacial score (nSPS) is 10.3. The maximum Gasteiger partial charge on any atom is 0.352 e. The molecule has 0 radical (unpaired) electrons. The standard InChI is InChI=1S/C13H10Cl2N2O3/c14-8-4-9(15)6-10(5-8)16-12(18)7-17-3-1-2-11(17)13(19)20/h1-6H,7H2,(H,16,18)(H,19,20). The number of carbonyl (C=O) groups is 2. The second kappa shape index (κ2) is 5.98. The Morgan fingerprint density at radius 2 is 1.85 bits per heavy atom. The van der Waals surface area contributed by atoms with Crippen LogP contribution in [0, 0.1) is 0 Å². The van der Waals surface area contributed by atoms with E-state index in [2.05, 4.69) is 5.32 Å². The van der Waals surface area contributed by atoms with Crippen molar-refractivity contribution >= 4 is 40.8 Å². The molecule has 104 valence electrons. The predicted octanol–water partition coefficient (Wildman–Crippen LogP) is 3.13. The van der Waals surface area contributed by atoms with Crippen molar-refractivity contribution in [1.29, 1.82) is 0 Å². The van der Waals surface area contributed by atoms with E-state index in [1.807, 2.05) is 0 Å². The Morgan fingerprint density at radius 3 is 2.45 bits per heavy atom. The molecule has 0 saturated heterocycles. The van der Waals surface area contributed by atoms with Gasteiger partial charge in [-0.3, -0.25) is 4.79 Å². The number of hydrogen-bond donors (Lipinski definition) is 2. The first-order valence-electron chi connectivity index (χ1n) is 5.60. The predicted molar refractivity (Wildman–Crippen MR) is 76.5 cm³/mol. The summed E-state index contributed by atoms with van der Waals surface area (Å²) in [6, 6.07) is 7.64. The summed E-state index contributed by atoms with van der Waals surface area (Å²) in [5.74, 6) is -1.46. The lowest BCUT2D eigenvalue weighted by atomic mass is 10.3. The zero-order chi connectivity index (χ0) is 14.7. The Bertz CT molecular complexity index is 647. The van der Waals surface area contributed by atoms with Gasteiger partial charge in [0.25, 0.3) is 0 Å². The number of amides is 1. The number of hydrogen-bond acceptors (Lipinski definition) is 2. The third kappa shape index (κ3) is 3.53. The average Bonchev–Trinajstić information content (AvgIpc) is 2.75. The van der Waals surface area contributed by atoms with Crippen LogP contribution < -0.4 is 5.32 Å². The lowest BCUT2D eigenvalue weighted by molar-refractivity contribution is -0.116. The van der Waals surface area contributed by atoms with E-state index in [9.17, 15) is 9.59 Å². The molecule has 5 nitrogen and oxygen atoms in total. The lowest BCUT2D eigenvalue weighted by Gasteiger charge is -2.08. The van der Waals surface area contributed by atoms with Crippen LogP contribution in [-0.2, 0) is 11.3 Å². The Hall–Kier alpha value is -1.98. The van der Waals surface area contributed by atoms with E-state index >= 15 is 0 Å². The van der Waals surface area contributed by atoms with Crippen LogP contribution in [0.25, 0.3) is 0 Å². The second-order valence-electron chi connectivity index (χ2n) is 4.03. The van der Waals surface area contributed by atoms with Gasteiger partial charge in [-0.25, -0.2) is 4.79 Å². The molecule has 0 saturated carbocycles. The fourth-order valence-electron chi connectivity index (χ4n) is 1.73. The third-order valence-corrected chi connectivity index (χ3v) is 2.95. The van der Waals surface area contributed by atoms with Crippen LogP contribution in [0.3, 0.4) is 0 Å². The molecule has 20 heavy (non-hydrogen) atoms. The first-order chi connectivity index (χ1) is 9.45. The van der Waals surface area contributed by atoms with Gasteiger partial charge in [0.2, 0.25) is 5.91 Å². The highest BCUT2D eigenvalue weighted by molar-refractivity contribution is 6.35. The Balaban J connectivity index is 2.09. The molecule has 0 aliphatic heterocycles. The smallest absolute Gasteiger partial charge is 0.352 e. The molecule has 0 aliphatic rings. The molecule has 7 heteroatoms. The second-order valence-corrected chi connectivity index (χ2v) is 4.91. The van der Waals surface area contributed by atoms with Gasteiger partial charge < -0.3 is 15.0 Å². The van der Waals surface area contributed by atoms with Gasteiger partial charge in [0.15, 0.2) is 0 Å². The van der Waals surface area contributed by atoms with Crippen molar-refractivity contribution in [2.75, 3.05) is 5.32 Å². The van der Waals surface area contributed by atoms with E-state index in [0.29, 0.717) is 15.7 Å². The summed E-state index contributed by atoms with van der Waals surface area (Å²) in [6.45, 7) is -0.112. The van der Waals surface area contributed by atoms with Gasteiger partial charge in [-0.2, -0.15) is 0 Å². The third-order valence-electron chi connectivity index (χ3n) is 2.51. The highest BCUT2D eigenvalue weighted by Gasteiger charge is 2.12. The van der Waals surface area contributed by atoms with Gasteiger partial charge in [-0.15, -0.1) is 0 Å². The molecule has 1 heterocycles. The number of rotatable bonds is 4. The maximum atomic E-state index is 11.9. The van der Waals surface area contributed by atoms with Crippen LogP contribution in [0.4, 0.5) is 5.69 Å².